The van der Waals surface area contributed by atoms with Crippen LogP contribution in [0.2, 0.25) is 0 Å². The second-order valence-corrected chi connectivity index (χ2v) is 5.52. The van der Waals surface area contributed by atoms with Crippen molar-refractivity contribution in [2.24, 2.45) is 0 Å². The highest BCUT2D eigenvalue weighted by atomic mass is 16.5. The Morgan fingerprint density at radius 3 is 2.95 bits per heavy atom. The van der Waals surface area contributed by atoms with E-state index in [2.05, 4.69) is 37.2 Å². The first-order valence-electron chi connectivity index (χ1n) is 7.82. The van der Waals surface area contributed by atoms with Crippen LogP contribution in [0.15, 0.2) is 12.1 Å². The van der Waals surface area contributed by atoms with Crippen molar-refractivity contribution in [2.75, 3.05) is 6.61 Å². The first kappa shape index (κ1) is 15.7. The van der Waals surface area contributed by atoms with Crippen molar-refractivity contribution in [2.45, 2.75) is 58.7 Å². The molecule has 0 spiro atoms. The van der Waals surface area contributed by atoms with E-state index < -0.39 is 0 Å². The van der Waals surface area contributed by atoms with Crippen molar-refractivity contribution < 1.29 is 9.47 Å². The highest BCUT2D eigenvalue weighted by molar-refractivity contribution is 5.48. The zero-order chi connectivity index (χ0) is 15.2. The van der Waals surface area contributed by atoms with Gasteiger partial charge in [0.05, 0.1) is 12.6 Å². The van der Waals surface area contributed by atoms with E-state index in [4.69, 9.17) is 15.9 Å². The number of nitrogens with one attached hydrogen (secondary N) is 1. The molecule has 1 N–H and O–H groups in total. The Labute approximate surface area is 128 Å². The van der Waals surface area contributed by atoms with Crippen LogP contribution < -0.4 is 14.8 Å². The number of fused-ring (bicyclic) bond motifs is 1. The summed E-state index contributed by atoms with van der Waals surface area (Å²) in [5.74, 6) is 4.72. The van der Waals surface area contributed by atoms with Gasteiger partial charge >= 0.3 is 0 Å². The maximum absolute atomic E-state index is 5.84. The average molecular weight is 287 g/mol. The molecule has 2 rings (SSSR count). The predicted molar refractivity (Wildman–Crippen MR) is 85.8 cm³/mol. The number of rotatable bonds is 7. The van der Waals surface area contributed by atoms with Crippen LogP contribution in [0.25, 0.3) is 0 Å². The van der Waals surface area contributed by atoms with Gasteiger partial charge in [-0.2, -0.15) is 0 Å². The summed E-state index contributed by atoms with van der Waals surface area (Å²) < 4.78 is 11.6. The molecule has 114 valence electrons. The van der Waals surface area contributed by atoms with Gasteiger partial charge in [0.15, 0.2) is 0 Å². The van der Waals surface area contributed by atoms with Gasteiger partial charge in [-0.05, 0) is 32.4 Å². The number of hydrogen-bond donors (Lipinski definition) is 1. The maximum Gasteiger partial charge on any atom is 0.124 e. The van der Waals surface area contributed by atoms with Crippen molar-refractivity contribution in [3.63, 3.8) is 0 Å². The Morgan fingerprint density at radius 1 is 1.48 bits per heavy atom. The van der Waals surface area contributed by atoms with Crippen LogP contribution in [0.5, 0.6) is 11.5 Å². The highest BCUT2D eigenvalue weighted by Gasteiger charge is 2.22. The Bertz CT molecular complexity index is 519. The van der Waals surface area contributed by atoms with Crippen molar-refractivity contribution in [3.8, 4) is 23.8 Å². The van der Waals surface area contributed by atoms with Crippen LogP contribution in [-0.2, 0) is 13.0 Å². The van der Waals surface area contributed by atoms with Crippen LogP contribution in [0, 0.1) is 12.3 Å². The van der Waals surface area contributed by atoms with Gasteiger partial charge in [-0.1, -0.05) is 19.3 Å². The molecule has 3 heteroatoms. The molecule has 1 aliphatic rings. The second-order valence-electron chi connectivity index (χ2n) is 5.52. The normalized spacial score (nSPS) is 17.7. The molecular formula is C18H25NO2. The molecule has 0 radical (unpaired) electrons. The van der Waals surface area contributed by atoms with E-state index in [1.807, 2.05) is 6.92 Å². The topological polar surface area (TPSA) is 30.5 Å². The standard InChI is InChI=1S/C18H25NO2/c1-5-8-16(6-2)19-12-15-11-18-14(9-13(4)21-18)10-17(15)20-7-3/h2,10-11,13,16,19H,5,7-9,12H2,1,3-4H3. The Kier molecular flexibility index (Phi) is 5.52. The zero-order valence-electron chi connectivity index (χ0n) is 13.2. The number of hydrogen-bond acceptors (Lipinski definition) is 3. The van der Waals surface area contributed by atoms with E-state index in [0.29, 0.717) is 13.2 Å². The molecule has 1 heterocycles. The average Bonchev–Trinajstić information content (AvgIpc) is 2.82. The third-order valence-electron chi connectivity index (χ3n) is 3.70. The van der Waals surface area contributed by atoms with Gasteiger partial charge in [-0.15, -0.1) is 6.42 Å². The van der Waals surface area contributed by atoms with E-state index in [0.717, 1.165) is 36.3 Å². The van der Waals surface area contributed by atoms with Crippen LogP contribution in [0.3, 0.4) is 0 Å². The lowest BCUT2D eigenvalue weighted by molar-refractivity contribution is 0.254. The zero-order valence-corrected chi connectivity index (χ0v) is 13.2. The van der Waals surface area contributed by atoms with E-state index in [1.54, 1.807) is 0 Å². The fraction of sp³-hybridized carbons (Fsp3) is 0.556. The van der Waals surface area contributed by atoms with Gasteiger partial charge < -0.3 is 9.47 Å². The van der Waals surface area contributed by atoms with Gasteiger partial charge in [0.25, 0.3) is 0 Å². The molecule has 1 aliphatic heterocycles. The first-order valence-corrected chi connectivity index (χ1v) is 7.82. The third-order valence-corrected chi connectivity index (χ3v) is 3.70. The molecule has 0 amide bonds. The minimum Gasteiger partial charge on any atom is -0.494 e. The van der Waals surface area contributed by atoms with Crippen LogP contribution >= 0.6 is 0 Å². The van der Waals surface area contributed by atoms with Gasteiger partial charge in [-0.3, -0.25) is 5.32 Å². The quantitative estimate of drug-likeness (QED) is 0.781. The summed E-state index contributed by atoms with van der Waals surface area (Å²) in [6.45, 7) is 7.60. The van der Waals surface area contributed by atoms with E-state index in [-0.39, 0.29) is 12.1 Å². The lowest BCUT2D eigenvalue weighted by Crippen LogP contribution is -2.27. The monoisotopic (exact) mass is 287 g/mol. The summed E-state index contributed by atoms with van der Waals surface area (Å²) in [5.41, 5.74) is 2.35. The van der Waals surface area contributed by atoms with E-state index >= 15 is 0 Å². The predicted octanol–water partition coefficient (Wildman–Crippen LogP) is 3.30. The molecule has 21 heavy (non-hydrogen) atoms. The molecule has 1 aromatic rings. The van der Waals surface area contributed by atoms with Crippen LogP contribution in [0.4, 0.5) is 0 Å². The minimum absolute atomic E-state index is 0.109. The molecule has 2 unspecified atom stereocenters. The molecule has 1 aromatic carbocycles. The van der Waals surface area contributed by atoms with Crippen molar-refractivity contribution in [3.05, 3.63) is 23.3 Å². The number of terminal acetylenes is 1. The Hall–Kier alpha value is -1.66. The molecule has 3 nitrogen and oxygen atoms in total. The molecule has 0 aromatic heterocycles. The molecule has 2 atom stereocenters. The van der Waals surface area contributed by atoms with Crippen molar-refractivity contribution in [1.29, 1.82) is 0 Å². The number of ether oxygens (including phenoxy) is 2. The van der Waals surface area contributed by atoms with Crippen LogP contribution in [0.1, 0.15) is 44.7 Å². The fourth-order valence-corrected chi connectivity index (χ4v) is 2.68. The summed E-state index contributed by atoms with van der Waals surface area (Å²) >= 11 is 0. The SMILES string of the molecule is C#CC(CCC)NCc1cc2c(cc1OCC)CC(C)O2. The summed E-state index contributed by atoms with van der Waals surface area (Å²) in [7, 11) is 0. The fourth-order valence-electron chi connectivity index (χ4n) is 2.68. The Balaban J connectivity index is 2.14. The lowest BCUT2D eigenvalue weighted by Gasteiger charge is -2.16. The first-order chi connectivity index (χ1) is 10.2. The summed E-state index contributed by atoms with van der Waals surface area (Å²) in [5, 5.41) is 3.42. The Morgan fingerprint density at radius 2 is 2.29 bits per heavy atom. The molecule has 0 bridgehead atoms. The molecule has 0 fully saturated rings. The van der Waals surface area contributed by atoms with Gasteiger partial charge in [0.1, 0.15) is 17.6 Å². The summed E-state index contributed by atoms with van der Waals surface area (Å²) in [4.78, 5) is 0. The number of benzene rings is 1. The molecular weight excluding hydrogens is 262 g/mol. The van der Waals surface area contributed by atoms with E-state index in [1.165, 1.54) is 5.56 Å². The smallest absolute Gasteiger partial charge is 0.124 e. The summed E-state index contributed by atoms with van der Waals surface area (Å²) in [6.07, 6.45) is 8.82. The molecule has 0 saturated carbocycles. The minimum atomic E-state index is 0.109. The van der Waals surface area contributed by atoms with Gasteiger partial charge in [0, 0.05) is 24.1 Å². The lowest BCUT2D eigenvalue weighted by atomic mass is 10.1. The van der Waals surface area contributed by atoms with Crippen LogP contribution in [-0.4, -0.2) is 18.8 Å². The van der Waals surface area contributed by atoms with Gasteiger partial charge in [-0.25, -0.2) is 0 Å². The molecule has 0 saturated heterocycles. The highest BCUT2D eigenvalue weighted by Crippen LogP contribution is 2.35. The summed E-state index contributed by atoms with van der Waals surface area (Å²) in [6, 6.07) is 4.32. The maximum atomic E-state index is 5.84. The van der Waals surface area contributed by atoms with Gasteiger partial charge in [0.2, 0.25) is 0 Å². The third kappa shape index (κ3) is 3.92. The van der Waals surface area contributed by atoms with Crippen molar-refractivity contribution in [1.82, 2.24) is 5.32 Å². The second kappa shape index (κ2) is 7.38. The van der Waals surface area contributed by atoms with Crippen molar-refractivity contribution >= 4 is 0 Å². The van der Waals surface area contributed by atoms with E-state index in [9.17, 15) is 0 Å². The molecule has 0 aliphatic carbocycles. The largest absolute Gasteiger partial charge is 0.494 e.